The first-order chi connectivity index (χ1) is 8.20. The number of hydrogen-bond donors (Lipinski definition) is 1. The number of ether oxygens (including phenoxy) is 1. The van der Waals surface area contributed by atoms with E-state index < -0.39 is 0 Å². The van der Waals surface area contributed by atoms with Crippen LogP contribution >= 0.6 is 0 Å². The lowest BCUT2D eigenvalue weighted by Gasteiger charge is -2.18. The molecule has 1 aromatic carbocycles. The van der Waals surface area contributed by atoms with E-state index in [1.165, 1.54) is 30.2 Å². The van der Waals surface area contributed by atoms with Gasteiger partial charge in [0.15, 0.2) is 5.82 Å². The molecule has 2 aromatic rings. The predicted octanol–water partition coefficient (Wildman–Crippen LogP) is 3.76. The monoisotopic (exact) mass is 233 g/mol. The van der Waals surface area contributed by atoms with Crippen molar-refractivity contribution in [2.75, 3.05) is 7.11 Å². The van der Waals surface area contributed by atoms with Crippen molar-refractivity contribution in [3.8, 4) is 5.75 Å². The number of fused-ring (bicyclic) bond motifs is 3. The number of aryl methyl sites for hydroxylation is 1. The molecule has 1 aliphatic carbocycles. The van der Waals surface area contributed by atoms with Gasteiger partial charge in [0.25, 0.3) is 0 Å². The number of rotatable bonds is 1. The van der Waals surface area contributed by atoms with Crippen LogP contribution in [-0.4, -0.2) is 12.1 Å². The van der Waals surface area contributed by atoms with Gasteiger partial charge < -0.3 is 9.72 Å². The van der Waals surface area contributed by atoms with E-state index in [1.807, 2.05) is 6.07 Å². The average molecular weight is 233 g/mol. The van der Waals surface area contributed by atoms with Crippen molar-refractivity contribution in [1.82, 2.24) is 4.98 Å². The van der Waals surface area contributed by atoms with Gasteiger partial charge >= 0.3 is 0 Å². The van der Waals surface area contributed by atoms with Gasteiger partial charge in [-0.3, -0.25) is 0 Å². The second-order valence-corrected chi connectivity index (χ2v) is 4.84. The Balaban J connectivity index is 2.32. The quantitative estimate of drug-likeness (QED) is 0.797. The Morgan fingerprint density at radius 3 is 3.00 bits per heavy atom. The van der Waals surface area contributed by atoms with E-state index >= 15 is 0 Å². The van der Waals surface area contributed by atoms with Gasteiger partial charge in [-0.1, -0.05) is 6.92 Å². The minimum atomic E-state index is -0.221. The third-order valence-corrected chi connectivity index (χ3v) is 3.75. The molecule has 2 nitrogen and oxygen atoms in total. The van der Waals surface area contributed by atoms with Crippen molar-refractivity contribution in [2.45, 2.75) is 32.1 Å². The number of benzene rings is 1. The molecular weight excluding hydrogens is 217 g/mol. The molecule has 0 amide bonds. The fraction of sp³-hybridized carbons (Fsp3) is 0.429. The van der Waals surface area contributed by atoms with Crippen LogP contribution in [0.2, 0.25) is 0 Å². The molecule has 90 valence electrons. The Kier molecular flexibility index (Phi) is 2.35. The highest BCUT2D eigenvalue weighted by molar-refractivity contribution is 5.87. The molecule has 1 aliphatic rings. The van der Waals surface area contributed by atoms with E-state index in [9.17, 15) is 4.39 Å². The summed E-state index contributed by atoms with van der Waals surface area (Å²) in [6.07, 6.45) is 3.38. The fourth-order valence-corrected chi connectivity index (χ4v) is 2.91. The first kappa shape index (κ1) is 10.6. The van der Waals surface area contributed by atoms with Gasteiger partial charge in [0.05, 0.1) is 12.6 Å². The Labute approximate surface area is 99.8 Å². The molecule has 0 fully saturated rings. The molecule has 17 heavy (non-hydrogen) atoms. The van der Waals surface area contributed by atoms with Crippen molar-refractivity contribution in [1.29, 1.82) is 0 Å². The molecule has 0 bridgehead atoms. The van der Waals surface area contributed by atoms with E-state index in [0.717, 1.165) is 11.8 Å². The molecule has 3 rings (SSSR count). The second kappa shape index (κ2) is 3.76. The molecule has 1 N–H and O–H groups in total. The molecule has 1 aromatic heterocycles. The van der Waals surface area contributed by atoms with E-state index in [1.54, 1.807) is 7.11 Å². The topological polar surface area (TPSA) is 25.0 Å². The van der Waals surface area contributed by atoms with Crippen LogP contribution < -0.4 is 4.74 Å². The van der Waals surface area contributed by atoms with Crippen molar-refractivity contribution < 1.29 is 9.13 Å². The van der Waals surface area contributed by atoms with Crippen LogP contribution in [0.4, 0.5) is 4.39 Å². The normalized spacial score (nSPS) is 19.4. The Bertz CT molecular complexity index is 573. The second-order valence-electron chi connectivity index (χ2n) is 4.84. The summed E-state index contributed by atoms with van der Waals surface area (Å²) < 4.78 is 19.1. The first-order valence-electron chi connectivity index (χ1n) is 6.08. The highest BCUT2D eigenvalue weighted by Gasteiger charge is 2.23. The van der Waals surface area contributed by atoms with E-state index in [0.29, 0.717) is 17.2 Å². The summed E-state index contributed by atoms with van der Waals surface area (Å²) in [6, 6.07) is 3.38. The number of aromatic nitrogens is 1. The highest BCUT2D eigenvalue weighted by atomic mass is 19.1. The Morgan fingerprint density at radius 1 is 1.41 bits per heavy atom. The first-order valence-corrected chi connectivity index (χ1v) is 6.08. The van der Waals surface area contributed by atoms with Gasteiger partial charge in [-0.25, -0.2) is 4.39 Å². The molecule has 1 heterocycles. The summed E-state index contributed by atoms with van der Waals surface area (Å²) in [5.41, 5.74) is 3.11. The number of aromatic amines is 1. The summed E-state index contributed by atoms with van der Waals surface area (Å²) in [5.74, 6) is 0.870. The Morgan fingerprint density at radius 2 is 2.24 bits per heavy atom. The minimum Gasteiger partial charge on any atom is -0.497 e. The molecule has 0 spiro atoms. The summed E-state index contributed by atoms with van der Waals surface area (Å²) in [6.45, 7) is 2.21. The van der Waals surface area contributed by atoms with E-state index in [4.69, 9.17) is 4.74 Å². The maximum atomic E-state index is 13.9. The van der Waals surface area contributed by atoms with Gasteiger partial charge in [-0.2, -0.15) is 0 Å². The standard InChI is InChI=1S/C14H16FNO/c1-8-4-3-5-12-13(8)10-6-9(17-2)7-11(15)14(10)16-12/h6-8,16H,3-5H2,1-2H3. The zero-order valence-corrected chi connectivity index (χ0v) is 10.1. The lowest BCUT2D eigenvalue weighted by Crippen LogP contribution is -2.05. The number of methoxy groups -OCH3 is 1. The van der Waals surface area contributed by atoms with Crippen LogP contribution in [0.15, 0.2) is 12.1 Å². The SMILES string of the molecule is COc1cc(F)c2[nH]c3c(c2c1)C(C)CCC3. The van der Waals surface area contributed by atoms with Crippen molar-refractivity contribution in [2.24, 2.45) is 0 Å². The van der Waals surface area contributed by atoms with Crippen molar-refractivity contribution in [3.63, 3.8) is 0 Å². The maximum absolute atomic E-state index is 13.9. The van der Waals surface area contributed by atoms with Crippen LogP contribution in [0.1, 0.15) is 36.9 Å². The van der Waals surface area contributed by atoms with Crippen LogP contribution in [0.5, 0.6) is 5.75 Å². The lowest BCUT2D eigenvalue weighted by atomic mass is 9.86. The fourth-order valence-electron chi connectivity index (χ4n) is 2.91. The zero-order chi connectivity index (χ0) is 12.0. The van der Waals surface area contributed by atoms with Crippen LogP contribution in [-0.2, 0) is 6.42 Å². The molecule has 0 saturated heterocycles. The third kappa shape index (κ3) is 1.53. The highest BCUT2D eigenvalue weighted by Crippen LogP contribution is 2.38. The summed E-state index contributed by atoms with van der Waals surface area (Å²) in [5, 5.41) is 0.990. The third-order valence-electron chi connectivity index (χ3n) is 3.75. The molecular formula is C14H16FNO. The van der Waals surface area contributed by atoms with Gasteiger partial charge in [0.2, 0.25) is 0 Å². The van der Waals surface area contributed by atoms with Gasteiger partial charge in [-0.15, -0.1) is 0 Å². The van der Waals surface area contributed by atoms with Gasteiger partial charge in [0.1, 0.15) is 5.75 Å². The zero-order valence-electron chi connectivity index (χ0n) is 10.1. The number of H-pyrrole nitrogens is 1. The van der Waals surface area contributed by atoms with E-state index in [2.05, 4.69) is 11.9 Å². The van der Waals surface area contributed by atoms with Crippen LogP contribution in [0.3, 0.4) is 0 Å². The van der Waals surface area contributed by atoms with Crippen molar-refractivity contribution >= 4 is 10.9 Å². The Hall–Kier alpha value is -1.51. The molecule has 1 atom stereocenters. The smallest absolute Gasteiger partial charge is 0.150 e. The molecule has 3 heteroatoms. The number of halogens is 1. The van der Waals surface area contributed by atoms with Gasteiger partial charge in [0, 0.05) is 17.1 Å². The van der Waals surface area contributed by atoms with Crippen LogP contribution in [0.25, 0.3) is 10.9 Å². The van der Waals surface area contributed by atoms with Crippen LogP contribution in [0, 0.1) is 5.82 Å². The summed E-state index contributed by atoms with van der Waals surface area (Å²) >= 11 is 0. The van der Waals surface area contributed by atoms with Gasteiger partial charge in [-0.05, 0) is 36.8 Å². The van der Waals surface area contributed by atoms with E-state index in [-0.39, 0.29) is 5.82 Å². The number of hydrogen-bond acceptors (Lipinski definition) is 1. The minimum absolute atomic E-state index is 0.221. The maximum Gasteiger partial charge on any atom is 0.150 e. The summed E-state index contributed by atoms with van der Waals surface area (Å²) in [7, 11) is 1.57. The molecule has 0 saturated carbocycles. The largest absolute Gasteiger partial charge is 0.497 e. The summed E-state index contributed by atoms with van der Waals surface area (Å²) in [4.78, 5) is 3.24. The molecule has 0 aliphatic heterocycles. The predicted molar refractivity (Wildman–Crippen MR) is 66.2 cm³/mol. The molecule has 0 radical (unpaired) electrons. The lowest BCUT2D eigenvalue weighted by molar-refractivity contribution is 0.412. The van der Waals surface area contributed by atoms with Crippen molar-refractivity contribution in [3.05, 3.63) is 29.2 Å². The number of nitrogens with one attached hydrogen (secondary N) is 1. The molecule has 1 unspecified atom stereocenters. The average Bonchev–Trinajstić information content (AvgIpc) is 2.69.